The van der Waals surface area contributed by atoms with Crippen molar-refractivity contribution in [3.05, 3.63) is 0 Å². The molecule has 0 bridgehead atoms. The van der Waals surface area contributed by atoms with Crippen LogP contribution in [0, 0.1) is 0 Å². The smallest absolute Gasteiger partial charge is 0.245 e. The number of amides is 3. The van der Waals surface area contributed by atoms with Crippen LogP contribution in [-0.2, 0) is 14.4 Å². The van der Waals surface area contributed by atoms with Crippen molar-refractivity contribution >= 4 is 17.7 Å². The molecule has 19 heavy (non-hydrogen) atoms. The molecule has 1 atom stereocenters. The number of hydrogen-bond acceptors (Lipinski definition) is 3. The number of piperazine rings is 1. The summed E-state index contributed by atoms with van der Waals surface area (Å²) in [5.41, 5.74) is -0.363. The van der Waals surface area contributed by atoms with E-state index in [9.17, 15) is 14.4 Å². The summed E-state index contributed by atoms with van der Waals surface area (Å²) < 4.78 is 0. The Labute approximate surface area is 114 Å². The van der Waals surface area contributed by atoms with E-state index in [-0.39, 0.29) is 29.8 Å². The standard InChI is InChI=1S/C13H23N3O3/c1-9(17)15-6-7-16(10(2)18)11(8-15)12(19)14-13(3,4)5/h11H,6-8H2,1-5H3,(H,14,19). The summed E-state index contributed by atoms with van der Waals surface area (Å²) in [7, 11) is 0. The molecule has 1 aliphatic rings. The summed E-state index contributed by atoms with van der Waals surface area (Å²) in [6, 6.07) is -0.602. The van der Waals surface area contributed by atoms with E-state index in [4.69, 9.17) is 0 Å². The minimum Gasteiger partial charge on any atom is -0.350 e. The molecule has 0 aliphatic carbocycles. The third-order valence-corrected chi connectivity index (χ3v) is 3.03. The molecule has 0 aromatic carbocycles. The van der Waals surface area contributed by atoms with Crippen molar-refractivity contribution in [3.63, 3.8) is 0 Å². The van der Waals surface area contributed by atoms with Crippen molar-refractivity contribution in [1.29, 1.82) is 0 Å². The van der Waals surface area contributed by atoms with E-state index in [0.717, 1.165) is 0 Å². The lowest BCUT2D eigenvalue weighted by Gasteiger charge is -2.40. The molecule has 1 unspecified atom stereocenters. The molecule has 1 aliphatic heterocycles. The Kier molecular flexibility index (Phi) is 4.55. The summed E-state index contributed by atoms with van der Waals surface area (Å²) in [5.74, 6) is -0.428. The third-order valence-electron chi connectivity index (χ3n) is 3.03. The van der Waals surface area contributed by atoms with Gasteiger partial charge in [-0.05, 0) is 20.8 Å². The Balaban J connectivity index is 2.85. The zero-order chi connectivity index (χ0) is 14.8. The summed E-state index contributed by atoms with van der Waals surface area (Å²) in [4.78, 5) is 38.4. The summed E-state index contributed by atoms with van der Waals surface area (Å²) >= 11 is 0. The first-order valence-electron chi connectivity index (χ1n) is 6.46. The van der Waals surface area contributed by atoms with E-state index in [1.807, 2.05) is 20.8 Å². The lowest BCUT2D eigenvalue weighted by molar-refractivity contribution is -0.147. The number of nitrogens with zero attached hydrogens (tertiary/aromatic N) is 2. The fraction of sp³-hybridized carbons (Fsp3) is 0.769. The summed E-state index contributed by atoms with van der Waals surface area (Å²) in [6.45, 7) is 9.71. The van der Waals surface area contributed by atoms with Gasteiger partial charge < -0.3 is 15.1 Å². The van der Waals surface area contributed by atoms with Crippen molar-refractivity contribution in [2.45, 2.75) is 46.2 Å². The lowest BCUT2D eigenvalue weighted by Crippen LogP contribution is -2.62. The average Bonchev–Trinajstić information content (AvgIpc) is 2.25. The molecule has 6 heteroatoms. The van der Waals surface area contributed by atoms with Gasteiger partial charge in [-0.25, -0.2) is 0 Å². The van der Waals surface area contributed by atoms with Gasteiger partial charge in [0.1, 0.15) is 6.04 Å². The van der Waals surface area contributed by atoms with Crippen LogP contribution in [0.2, 0.25) is 0 Å². The highest BCUT2D eigenvalue weighted by atomic mass is 16.2. The molecule has 108 valence electrons. The number of carbonyl (C=O) groups is 3. The molecule has 1 rings (SSSR count). The quantitative estimate of drug-likeness (QED) is 0.727. The predicted octanol–water partition coefficient (Wildman–Crippen LogP) is -0.0197. The molecule has 0 saturated carbocycles. The Hall–Kier alpha value is -1.59. The second-order valence-corrected chi connectivity index (χ2v) is 5.93. The number of hydrogen-bond donors (Lipinski definition) is 1. The monoisotopic (exact) mass is 269 g/mol. The highest BCUT2D eigenvalue weighted by Crippen LogP contribution is 2.12. The van der Waals surface area contributed by atoms with E-state index < -0.39 is 6.04 Å². The Morgan fingerprint density at radius 3 is 2.05 bits per heavy atom. The molecule has 0 radical (unpaired) electrons. The average molecular weight is 269 g/mol. The molecule has 0 aromatic heterocycles. The van der Waals surface area contributed by atoms with Crippen LogP contribution in [0.25, 0.3) is 0 Å². The molecule has 1 N–H and O–H groups in total. The lowest BCUT2D eigenvalue weighted by atomic mass is 10.1. The van der Waals surface area contributed by atoms with Gasteiger partial charge >= 0.3 is 0 Å². The second kappa shape index (κ2) is 5.59. The molecule has 0 aromatic rings. The van der Waals surface area contributed by atoms with Gasteiger partial charge in [-0.1, -0.05) is 0 Å². The first kappa shape index (κ1) is 15.5. The van der Waals surface area contributed by atoms with Gasteiger partial charge in [-0.3, -0.25) is 14.4 Å². The van der Waals surface area contributed by atoms with Crippen molar-refractivity contribution < 1.29 is 14.4 Å². The normalized spacial score (nSPS) is 20.2. The summed E-state index contributed by atoms with van der Waals surface area (Å²) in [5, 5.41) is 2.86. The van der Waals surface area contributed by atoms with Crippen LogP contribution in [0.4, 0.5) is 0 Å². The fourth-order valence-electron chi connectivity index (χ4n) is 2.12. The topological polar surface area (TPSA) is 69.7 Å². The first-order valence-corrected chi connectivity index (χ1v) is 6.46. The van der Waals surface area contributed by atoms with Crippen molar-refractivity contribution in [2.75, 3.05) is 19.6 Å². The van der Waals surface area contributed by atoms with Gasteiger partial charge in [0, 0.05) is 32.5 Å². The molecular weight excluding hydrogens is 246 g/mol. The molecule has 6 nitrogen and oxygen atoms in total. The molecule has 1 saturated heterocycles. The Bertz CT molecular complexity index is 387. The van der Waals surface area contributed by atoms with E-state index in [0.29, 0.717) is 13.1 Å². The molecule has 1 heterocycles. The maximum atomic E-state index is 12.3. The number of rotatable bonds is 1. The molecule has 0 spiro atoms. The minimum atomic E-state index is -0.602. The number of carbonyl (C=O) groups excluding carboxylic acids is 3. The number of nitrogens with one attached hydrogen (secondary N) is 1. The first-order chi connectivity index (χ1) is 8.61. The van der Waals surface area contributed by atoms with Gasteiger partial charge in [-0.2, -0.15) is 0 Å². The van der Waals surface area contributed by atoms with E-state index >= 15 is 0 Å². The zero-order valence-corrected chi connectivity index (χ0v) is 12.3. The molecule has 1 fully saturated rings. The molecular formula is C13H23N3O3. The van der Waals surface area contributed by atoms with Crippen LogP contribution in [0.5, 0.6) is 0 Å². The van der Waals surface area contributed by atoms with E-state index in [1.54, 1.807) is 4.90 Å². The fourth-order valence-corrected chi connectivity index (χ4v) is 2.12. The van der Waals surface area contributed by atoms with Crippen LogP contribution in [0.15, 0.2) is 0 Å². The van der Waals surface area contributed by atoms with E-state index in [1.165, 1.54) is 18.7 Å². The third kappa shape index (κ3) is 4.22. The zero-order valence-electron chi connectivity index (χ0n) is 12.3. The minimum absolute atomic E-state index is 0.0724. The SMILES string of the molecule is CC(=O)N1CCN(C(C)=O)C(C(=O)NC(C)(C)C)C1. The second-order valence-electron chi connectivity index (χ2n) is 5.93. The van der Waals surface area contributed by atoms with Gasteiger partial charge in [0.15, 0.2) is 0 Å². The largest absolute Gasteiger partial charge is 0.350 e. The van der Waals surface area contributed by atoms with Gasteiger partial charge in [0.25, 0.3) is 0 Å². The van der Waals surface area contributed by atoms with Crippen LogP contribution in [0.1, 0.15) is 34.6 Å². The van der Waals surface area contributed by atoms with Crippen LogP contribution in [0.3, 0.4) is 0 Å². The highest BCUT2D eigenvalue weighted by molar-refractivity contribution is 5.88. The van der Waals surface area contributed by atoms with Gasteiger partial charge in [-0.15, -0.1) is 0 Å². The van der Waals surface area contributed by atoms with Gasteiger partial charge in [0.2, 0.25) is 17.7 Å². The van der Waals surface area contributed by atoms with Crippen LogP contribution < -0.4 is 5.32 Å². The van der Waals surface area contributed by atoms with E-state index in [2.05, 4.69) is 5.32 Å². The van der Waals surface area contributed by atoms with Crippen LogP contribution in [-0.4, -0.2) is 58.7 Å². The van der Waals surface area contributed by atoms with Crippen molar-refractivity contribution in [1.82, 2.24) is 15.1 Å². The van der Waals surface area contributed by atoms with Gasteiger partial charge in [0.05, 0.1) is 6.54 Å². The van der Waals surface area contributed by atoms with Crippen molar-refractivity contribution in [3.8, 4) is 0 Å². The Morgan fingerprint density at radius 1 is 1.05 bits per heavy atom. The predicted molar refractivity (Wildman–Crippen MR) is 71.3 cm³/mol. The maximum absolute atomic E-state index is 12.3. The van der Waals surface area contributed by atoms with Crippen LogP contribution >= 0.6 is 0 Å². The summed E-state index contributed by atoms with van der Waals surface area (Å²) in [6.07, 6.45) is 0. The van der Waals surface area contributed by atoms with Crippen molar-refractivity contribution in [2.24, 2.45) is 0 Å². The molecule has 3 amide bonds. The highest BCUT2D eigenvalue weighted by Gasteiger charge is 2.35. The maximum Gasteiger partial charge on any atom is 0.245 e. The Morgan fingerprint density at radius 2 is 1.63 bits per heavy atom.